The maximum Gasteiger partial charge on any atom is 0.278 e. The molecule has 0 N–H and O–H groups in total. The van der Waals surface area contributed by atoms with E-state index < -0.39 is 0 Å². The van der Waals surface area contributed by atoms with Crippen molar-refractivity contribution in [1.82, 2.24) is 14.7 Å². The smallest absolute Gasteiger partial charge is 0.278 e. The third-order valence-electron chi connectivity index (χ3n) is 5.38. The Kier molecular flexibility index (Phi) is 4.98. The van der Waals surface area contributed by atoms with Crippen molar-refractivity contribution in [2.75, 3.05) is 19.6 Å². The zero-order valence-corrected chi connectivity index (χ0v) is 15.9. The van der Waals surface area contributed by atoms with Gasteiger partial charge in [-0.25, -0.2) is 4.39 Å². The Hall–Kier alpha value is -2.24. The number of carbonyl (C=O) groups excluding carboxylic acids is 1. The highest BCUT2D eigenvalue weighted by Crippen LogP contribution is 2.33. The lowest BCUT2D eigenvalue weighted by atomic mass is 9.91. The summed E-state index contributed by atoms with van der Waals surface area (Å²) in [5.41, 5.74) is 1.88. The van der Waals surface area contributed by atoms with E-state index in [2.05, 4.69) is 16.9 Å². The van der Waals surface area contributed by atoms with Crippen molar-refractivity contribution in [3.63, 3.8) is 0 Å². The predicted molar refractivity (Wildman–Crippen MR) is 105 cm³/mol. The van der Waals surface area contributed by atoms with Crippen molar-refractivity contribution in [3.8, 4) is 0 Å². The minimum atomic E-state index is -0.375. The van der Waals surface area contributed by atoms with Crippen LogP contribution in [0.25, 0.3) is 10.9 Å². The molecule has 4 nitrogen and oxygen atoms in total. The molecule has 3 aromatic rings. The largest absolute Gasteiger partial charge is 0.304 e. The topological polar surface area (TPSA) is 38.1 Å². The normalized spacial score (nSPS) is 16.1. The van der Waals surface area contributed by atoms with Gasteiger partial charge in [0.2, 0.25) is 0 Å². The van der Waals surface area contributed by atoms with Gasteiger partial charge in [0.15, 0.2) is 0 Å². The van der Waals surface area contributed by atoms with Crippen molar-refractivity contribution < 1.29 is 9.18 Å². The monoisotopic (exact) mass is 385 g/mol. The average molecular weight is 386 g/mol. The van der Waals surface area contributed by atoms with Gasteiger partial charge in [-0.2, -0.15) is 9.78 Å². The molecule has 0 saturated carbocycles. The number of piperidine rings is 1. The quantitative estimate of drug-likeness (QED) is 0.655. The summed E-state index contributed by atoms with van der Waals surface area (Å²) < 4.78 is 15.2. The predicted octanol–water partition coefficient (Wildman–Crippen LogP) is 4.72. The van der Waals surface area contributed by atoms with Gasteiger partial charge in [-0.15, -0.1) is 0 Å². The molecule has 0 unspecified atom stereocenters. The Labute approximate surface area is 162 Å². The molecule has 6 heteroatoms. The molecule has 0 aliphatic carbocycles. The molecule has 0 atom stereocenters. The Balaban J connectivity index is 1.76. The lowest BCUT2D eigenvalue weighted by Gasteiger charge is -2.30. The molecular formula is C21H21ClFN3O. The minimum absolute atomic E-state index is 0.278. The molecule has 0 spiro atoms. The number of hydrogen-bond acceptors (Lipinski definition) is 3. The van der Waals surface area contributed by atoms with Crippen LogP contribution in [0.2, 0.25) is 5.02 Å². The lowest BCUT2D eigenvalue weighted by molar-refractivity contribution is 0.0949. The first-order valence-corrected chi connectivity index (χ1v) is 9.65. The third kappa shape index (κ3) is 3.49. The first-order valence-electron chi connectivity index (χ1n) is 9.27. The molecule has 140 valence electrons. The Morgan fingerprint density at radius 1 is 1.19 bits per heavy atom. The van der Waals surface area contributed by atoms with E-state index in [1.165, 1.54) is 16.8 Å². The summed E-state index contributed by atoms with van der Waals surface area (Å²) in [6.07, 6.45) is 1.99. The van der Waals surface area contributed by atoms with E-state index in [4.69, 9.17) is 11.6 Å². The number of rotatable bonds is 3. The standard InChI is InChI=1S/C21H21ClFN3O/c1-2-25-11-9-14(10-12-25)20-18-8-7-17(23)13-19(18)26(24-20)21(27)15-3-5-16(22)6-4-15/h3-8,13-14H,2,9-12H2,1H3. The first kappa shape index (κ1) is 18.1. The second kappa shape index (κ2) is 7.41. The highest BCUT2D eigenvalue weighted by molar-refractivity contribution is 6.30. The van der Waals surface area contributed by atoms with Gasteiger partial charge in [0, 0.05) is 28.0 Å². The highest BCUT2D eigenvalue weighted by Gasteiger charge is 2.26. The number of fused-ring (bicyclic) bond motifs is 1. The number of nitrogens with zero attached hydrogens (tertiary/aromatic N) is 3. The van der Waals surface area contributed by atoms with Gasteiger partial charge in [0.25, 0.3) is 5.91 Å². The van der Waals surface area contributed by atoms with Gasteiger partial charge < -0.3 is 4.90 Å². The van der Waals surface area contributed by atoms with Crippen LogP contribution >= 0.6 is 11.6 Å². The number of carbonyl (C=O) groups is 1. The molecule has 0 radical (unpaired) electrons. The molecule has 2 heterocycles. The van der Waals surface area contributed by atoms with E-state index in [1.807, 2.05) is 0 Å². The molecule has 1 fully saturated rings. The molecule has 1 aliphatic heterocycles. The Bertz CT molecular complexity index is 975. The molecule has 1 saturated heterocycles. The van der Waals surface area contributed by atoms with Crippen LogP contribution in [0.3, 0.4) is 0 Å². The van der Waals surface area contributed by atoms with E-state index in [-0.39, 0.29) is 17.6 Å². The average Bonchev–Trinajstić information content (AvgIpc) is 3.06. The van der Waals surface area contributed by atoms with Gasteiger partial charge >= 0.3 is 0 Å². The van der Waals surface area contributed by atoms with Crippen LogP contribution in [-0.2, 0) is 0 Å². The molecule has 2 aromatic carbocycles. The first-order chi connectivity index (χ1) is 13.1. The summed E-state index contributed by atoms with van der Waals surface area (Å²) in [7, 11) is 0. The molecule has 4 rings (SSSR count). The van der Waals surface area contributed by atoms with Crippen LogP contribution < -0.4 is 0 Å². The fraction of sp³-hybridized carbons (Fsp3) is 0.333. The van der Waals surface area contributed by atoms with Crippen LogP contribution in [0.15, 0.2) is 42.5 Å². The van der Waals surface area contributed by atoms with Gasteiger partial charge in [-0.3, -0.25) is 4.79 Å². The van der Waals surface area contributed by atoms with E-state index in [1.54, 1.807) is 30.3 Å². The van der Waals surface area contributed by atoms with Crippen LogP contribution in [-0.4, -0.2) is 40.2 Å². The van der Waals surface area contributed by atoms with Crippen molar-refractivity contribution in [2.45, 2.75) is 25.7 Å². The van der Waals surface area contributed by atoms with Crippen molar-refractivity contribution in [2.24, 2.45) is 0 Å². The van der Waals surface area contributed by atoms with Gasteiger partial charge in [-0.05, 0) is 68.9 Å². The summed E-state index contributed by atoms with van der Waals surface area (Å²) in [6.45, 7) is 5.24. The summed E-state index contributed by atoms with van der Waals surface area (Å²) in [6, 6.07) is 11.2. The van der Waals surface area contributed by atoms with Crippen LogP contribution in [0.5, 0.6) is 0 Å². The third-order valence-corrected chi connectivity index (χ3v) is 5.63. The maximum absolute atomic E-state index is 13.9. The number of likely N-dealkylation sites (tertiary alicyclic amines) is 1. The molecule has 1 aliphatic rings. The molecule has 1 aromatic heterocycles. The van der Waals surface area contributed by atoms with Crippen molar-refractivity contribution in [3.05, 3.63) is 64.6 Å². The highest BCUT2D eigenvalue weighted by atomic mass is 35.5. The Morgan fingerprint density at radius 2 is 1.89 bits per heavy atom. The van der Waals surface area contributed by atoms with E-state index >= 15 is 0 Å². The zero-order chi connectivity index (χ0) is 19.0. The molecule has 0 amide bonds. The van der Waals surface area contributed by atoms with Gasteiger partial charge in [-0.1, -0.05) is 18.5 Å². The fourth-order valence-electron chi connectivity index (χ4n) is 3.81. The van der Waals surface area contributed by atoms with Gasteiger partial charge in [0.05, 0.1) is 11.2 Å². The minimum Gasteiger partial charge on any atom is -0.304 e. The maximum atomic E-state index is 13.9. The van der Waals surface area contributed by atoms with E-state index in [0.29, 0.717) is 16.1 Å². The molecule has 27 heavy (non-hydrogen) atoms. The summed E-state index contributed by atoms with van der Waals surface area (Å²) >= 11 is 5.92. The Morgan fingerprint density at radius 3 is 2.56 bits per heavy atom. The molecule has 0 bridgehead atoms. The van der Waals surface area contributed by atoms with Crippen LogP contribution in [0.1, 0.15) is 41.7 Å². The van der Waals surface area contributed by atoms with E-state index in [0.717, 1.165) is 43.6 Å². The second-order valence-electron chi connectivity index (χ2n) is 6.98. The number of halogens is 2. The van der Waals surface area contributed by atoms with E-state index in [9.17, 15) is 9.18 Å². The zero-order valence-electron chi connectivity index (χ0n) is 15.2. The molecular weight excluding hydrogens is 365 g/mol. The van der Waals surface area contributed by atoms with Gasteiger partial charge in [0.1, 0.15) is 5.82 Å². The second-order valence-corrected chi connectivity index (χ2v) is 7.42. The van der Waals surface area contributed by atoms with Crippen molar-refractivity contribution in [1.29, 1.82) is 0 Å². The number of aromatic nitrogens is 2. The summed E-state index contributed by atoms with van der Waals surface area (Å²) in [4.78, 5) is 15.4. The summed E-state index contributed by atoms with van der Waals surface area (Å²) in [5, 5.41) is 6.07. The SMILES string of the molecule is CCN1CCC(c2nn(C(=O)c3ccc(Cl)cc3)c3cc(F)ccc23)CC1. The van der Waals surface area contributed by atoms with Crippen molar-refractivity contribution >= 4 is 28.4 Å². The van der Waals surface area contributed by atoms with Crippen LogP contribution in [0.4, 0.5) is 4.39 Å². The fourth-order valence-corrected chi connectivity index (χ4v) is 3.93. The number of benzene rings is 2. The lowest BCUT2D eigenvalue weighted by Crippen LogP contribution is -2.32. The van der Waals surface area contributed by atoms with Crippen LogP contribution in [0, 0.1) is 5.82 Å². The summed E-state index contributed by atoms with van der Waals surface area (Å²) in [5.74, 6) is -0.376. The number of hydrogen-bond donors (Lipinski definition) is 0.